The summed E-state index contributed by atoms with van der Waals surface area (Å²) < 4.78 is 2.64. The lowest BCUT2D eigenvalue weighted by Crippen LogP contribution is -2.36. The molecule has 0 radical (unpaired) electrons. The molecule has 0 aliphatic heterocycles. The number of rotatable bonds is 5. The fourth-order valence-corrected chi connectivity index (χ4v) is 1.99. The number of hydrogen-bond donors (Lipinski definition) is 2. The van der Waals surface area contributed by atoms with Crippen molar-refractivity contribution in [2.24, 2.45) is 0 Å². The normalized spacial score (nSPS) is 10.5. The van der Waals surface area contributed by atoms with Crippen LogP contribution in [-0.2, 0) is 16.1 Å². The van der Waals surface area contributed by atoms with E-state index < -0.39 is 24.1 Å². The lowest BCUT2D eigenvalue weighted by Gasteiger charge is -2.13. The van der Waals surface area contributed by atoms with Gasteiger partial charge in [-0.15, -0.1) is 0 Å². The molecule has 0 spiro atoms. The smallest absolute Gasteiger partial charge is 0.364 e. The molecule has 0 bridgehead atoms. The number of hydrogen-bond acceptors (Lipinski definition) is 4. The third-order valence-electron chi connectivity index (χ3n) is 3.10. The van der Waals surface area contributed by atoms with Crippen molar-refractivity contribution in [1.82, 2.24) is 19.7 Å². The maximum atomic E-state index is 11.8. The lowest BCUT2D eigenvalue weighted by atomic mass is 10.1. The van der Waals surface area contributed by atoms with E-state index in [1.54, 1.807) is 0 Å². The number of amides is 1. The summed E-state index contributed by atoms with van der Waals surface area (Å²) in [5.41, 5.74) is 2.08. The molecule has 22 heavy (non-hydrogen) atoms. The van der Waals surface area contributed by atoms with E-state index in [2.05, 4.69) is 10.3 Å². The molecule has 1 amide bonds. The topological polar surface area (TPSA) is 106 Å². The van der Waals surface area contributed by atoms with Gasteiger partial charge in [0, 0.05) is 0 Å². The molecule has 1 aromatic carbocycles. The van der Waals surface area contributed by atoms with E-state index in [-0.39, 0.29) is 6.54 Å². The van der Waals surface area contributed by atoms with Gasteiger partial charge in [0.1, 0.15) is 19.4 Å². The number of carbonyl (C=O) groups is 2. The summed E-state index contributed by atoms with van der Waals surface area (Å²) in [6.07, 6.45) is 1.34. The number of carbonyl (C=O) groups excluding carboxylic acids is 1. The molecule has 2 N–H and O–H groups in total. The highest BCUT2D eigenvalue weighted by molar-refractivity contribution is 5.80. The zero-order chi connectivity index (χ0) is 16.3. The third-order valence-corrected chi connectivity index (χ3v) is 3.10. The second kappa shape index (κ2) is 6.25. The van der Waals surface area contributed by atoms with Crippen LogP contribution in [0.15, 0.2) is 29.3 Å². The van der Waals surface area contributed by atoms with E-state index >= 15 is 0 Å². The van der Waals surface area contributed by atoms with Crippen LogP contribution in [0.3, 0.4) is 0 Å². The first kappa shape index (κ1) is 15.5. The number of aromatic nitrogens is 3. The SMILES string of the molecule is Cc1ccc(C)c(-n2cnc(=O)n2CC(=O)NCC(=O)O)c1. The Balaban J connectivity index is 2.32. The molecule has 116 valence electrons. The fraction of sp³-hybridized carbons (Fsp3) is 0.286. The van der Waals surface area contributed by atoms with Crippen LogP contribution in [0.25, 0.3) is 5.69 Å². The van der Waals surface area contributed by atoms with Gasteiger partial charge < -0.3 is 10.4 Å². The Morgan fingerprint density at radius 1 is 1.32 bits per heavy atom. The average molecular weight is 304 g/mol. The van der Waals surface area contributed by atoms with E-state index in [0.29, 0.717) is 0 Å². The number of nitrogens with one attached hydrogen (secondary N) is 1. The van der Waals surface area contributed by atoms with Crippen molar-refractivity contribution in [2.75, 3.05) is 6.54 Å². The van der Waals surface area contributed by atoms with Crippen LogP contribution in [0.2, 0.25) is 0 Å². The summed E-state index contributed by atoms with van der Waals surface area (Å²) in [6, 6.07) is 5.73. The van der Waals surface area contributed by atoms with Crippen LogP contribution in [0.5, 0.6) is 0 Å². The second-order valence-corrected chi connectivity index (χ2v) is 4.89. The molecule has 0 saturated heterocycles. The zero-order valence-electron chi connectivity index (χ0n) is 12.2. The molecule has 0 atom stereocenters. The Kier molecular flexibility index (Phi) is 4.40. The molecule has 8 nitrogen and oxygen atoms in total. The van der Waals surface area contributed by atoms with Crippen LogP contribution in [0, 0.1) is 13.8 Å². The Labute approximate surface area is 126 Å². The van der Waals surface area contributed by atoms with E-state index in [1.165, 1.54) is 11.0 Å². The molecule has 0 aliphatic rings. The van der Waals surface area contributed by atoms with Crippen molar-refractivity contribution in [3.8, 4) is 5.69 Å². The number of carboxylic acid groups (broad SMARTS) is 1. The standard InChI is InChI=1S/C14H16N4O4/c1-9-3-4-10(2)11(5-9)18-8-16-14(22)17(18)7-12(19)15-6-13(20)21/h3-5,8H,6-7H2,1-2H3,(H,15,19)(H,20,21). The van der Waals surface area contributed by atoms with Crippen LogP contribution < -0.4 is 11.0 Å². The van der Waals surface area contributed by atoms with Gasteiger partial charge in [-0.25, -0.2) is 14.2 Å². The van der Waals surface area contributed by atoms with Crippen molar-refractivity contribution >= 4 is 11.9 Å². The highest BCUT2D eigenvalue weighted by atomic mass is 16.4. The molecule has 0 fully saturated rings. The summed E-state index contributed by atoms with van der Waals surface area (Å²) >= 11 is 0. The van der Waals surface area contributed by atoms with Gasteiger partial charge in [0.25, 0.3) is 0 Å². The quantitative estimate of drug-likeness (QED) is 0.799. The van der Waals surface area contributed by atoms with Crippen LogP contribution in [0.1, 0.15) is 11.1 Å². The van der Waals surface area contributed by atoms with Gasteiger partial charge in [-0.05, 0) is 31.0 Å². The average Bonchev–Trinajstić information content (AvgIpc) is 2.81. The van der Waals surface area contributed by atoms with Crippen molar-refractivity contribution in [3.63, 3.8) is 0 Å². The molecular formula is C14H16N4O4. The van der Waals surface area contributed by atoms with E-state index in [4.69, 9.17) is 5.11 Å². The van der Waals surface area contributed by atoms with Gasteiger partial charge in [0.05, 0.1) is 5.69 Å². The van der Waals surface area contributed by atoms with Crippen molar-refractivity contribution in [1.29, 1.82) is 0 Å². The maximum Gasteiger partial charge on any atom is 0.364 e. The Bertz CT molecular complexity index is 775. The molecule has 0 saturated carbocycles. The number of benzene rings is 1. The molecule has 1 aromatic heterocycles. The van der Waals surface area contributed by atoms with Crippen molar-refractivity contribution in [3.05, 3.63) is 46.1 Å². The predicted octanol–water partition coefficient (Wildman–Crippen LogP) is -0.148. The second-order valence-electron chi connectivity index (χ2n) is 4.89. The minimum atomic E-state index is -1.15. The first-order valence-electron chi connectivity index (χ1n) is 6.59. The van der Waals surface area contributed by atoms with Gasteiger partial charge in [0.15, 0.2) is 0 Å². The zero-order valence-corrected chi connectivity index (χ0v) is 12.2. The molecule has 2 rings (SSSR count). The van der Waals surface area contributed by atoms with Crippen LogP contribution >= 0.6 is 0 Å². The van der Waals surface area contributed by atoms with Crippen LogP contribution in [0.4, 0.5) is 0 Å². The Hall–Kier alpha value is -2.90. The van der Waals surface area contributed by atoms with Gasteiger partial charge in [-0.2, -0.15) is 4.98 Å². The Morgan fingerprint density at radius 3 is 2.73 bits per heavy atom. The van der Waals surface area contributed by atoms with Gasteiger partial charge in [-0.3, -0.25) is 9.59 Å². The molecule has 1 heterocycles. The Morgan fingerprint density at radius 2 is 2.05 bits per heavy atom. The molecule has 2 aromatic rings. The van der Waals surface area contributed by atoms with Gasteiger partial charge in [0.2, 0.25) is 5.91 Å². The van der Waals surface area contributed by atoms with E-state index in [0.717, 1.165) is 21.5 Å². The summed E-state index contributed by atoms with van der Waals surface area (Å²) in [7, 11) is 0. The molecular weight excluding hydrogens is 288 g/mol. The summed E-state index contributed by atoms with van der Waals surface area (Å²) in [4.78, 5) is 37.7. The summed E-state index contributed by atoms with van der Waals surface area (Å²) in [6.45, 7) is 3.00. The van der Waals surface area contributed by atoms with Crippen LogP contribution in [-0.4, -0.2) is 37.9 Å². The highest BCUT2D eigenvalue weighted by Crippen LogP contribution is 2.14. The number of aliphatic carboxylic acids is 1. The van der Waals surface area contributed by atoms with Gasteiger partial charge in [-0.1, -0.05) is 12.1 Å². The summed E-state index contributed by atoms with van der Waals surface area (Å²) in [5.74, 6) is -1.72. The molecule has 0 unspecified atom stereocenters. The van der Waals surface area contributed by atoms with E-state index in [9.17, 15) is 14.4 Å². The largest absolute Gasteiger partial charge is 0.480 e. The highest BCUT2D eigenvalue weighted by Gasteiger charge is 2.13. The molecule has 0 aliphatic carbocycles. The number of carboxylic acids is 1. The predicted molar refractivity (Wildman–Crippen MR) is 77.9 cm³/mol. The lowest BCUT2D eigenvalue weighted by molar-refractivity contribution is -0.138. The first-order valence-corrected chi connectivity index (χ1v) is 6.59. The number of nitrogens with zero attached hydrogens (tertiary/aromatic N) is 3. The third kappa shape index (κ3) is 3.40. The maximum absolute atomic E-state index is 11.8. The minimum absolute atomic E-state index is 0.306. The number of aryl methyl sites for hydroxylation is 2. The van der Waals surface area contributed by atoms with Crippen molar-refractivity contribution in [2.45, 2.75) is 20.4 Å². The summed E-state index contributed by atoms with van der Waals surface area (Å²) in [5, 5.41) is 10.8. The van der Waals surface area contributed by atoms with Gasteiger partial charge >= 0.3 is 11.7 Å². The first-order chi connectivity index (χ1) is 10.4. The minimum Gasteiger partial charge on any atom is -0.480 e. The van der Waals surface area contributed by atoms with E-state index in [1.807, 2.05) is 32.0 Å². The fourth-order valence-electron chi connectivity index (χ4n) is 1.99. The molecule has 8 heteroatoms. The monoisotopic (exact) mass is 304 g/mol. The van der Waals surface area contributed by atoms with Crippen molar-refractivity contribution < 1.29 is 14.7 Å².